The van der Waals surface area contributed by atoms with Gasteiger partial charge in [0.05, 0.1) is 21.7 Å². The molecule has 0 amide bonds. The fourth-order valence-corrected chi connectivity index (χ4v) is 2.55. The Morgan fingerprint density at radius 3 is 2.79 bits per heavy atom. The minimum absolute atomic E-state index is 0.00192. The van der Waals surface area contributed by atoms with Gasteiger partial charge < -0.3 is 4.98 Å². The van der Waals surface area contributed by atoms with E-state index in [1.165, 1.54) is 12.4 Å². The van der Waals surface area contributed by atoms with E-state index in [-0.39, 0.29) is 27.2 Å². The van der Waals surface area contributed by atoms with E-state index in [0.29, 0.717) is 0 Å². The van der Waals surface area contributed by atoms with Crippen molar-refractivity contribution in [3.05, 3.63) is 62.8 Å². The highest BCUT2D eigenvalue weighted by Gasteiger charge is 2.26. The summed E-state index contributed by atoms with van der Waals surface area (Å²) in [6.07, 6.45) is 2.38. The number of pyridine rings is 1. The summed E-state index contributed by atoms with van der Waals surface area (Å²) in [5.41, 5.74) is -1.64. The number of H-pyrrole nitrogens is 1. The number of hydrogen-bond acceptors (Lipinski definition) is 5. The molecule has 0 bridgehead atoms. The van der Waals surface area contributed by atoms with Gasteiger partial charge in [-0.15, -0.1) is 4.91 Å². The number of hydrogen-bond donors (Lipinski definition) is 1. The van der Waals surface area contributed by atoms with Crippen LogP contribution in [0.5, 0.6) is 0 Å². The lowest BCUT2D eigenvalue weighted by Gasteiger charge is -2.05. The van der Waals surface area contributed by atoms with Crippen LogP contribution in [0.3, 0.4) is 0 Å². The number of aromatic amines is 1. The molecule has 2 heterocycles. The minimum Gasteiger partial charge on any atom is -0.345 e. The number of nitroso groups, excluding NO2 is 1. The summed E-state index contributed by atoms with van der Waals surface area (Å²) in [5, 5.41) is 11.4. The zero-order valence-corrected chi connectivity index (χ0v) is 12.4. The third-order valence-corrected chi connectivity index (χ3v) is 3.79. The third kappa shape index (κ3) is 2.23. The number of nitrogens with one attached hydrogen (secondary N) is 1. The van der Waals surface area contributed by atoms with Crippen molar-refractivity contribution in [2.24, 2.45) is 5.18 Å². The van der Waals surface area contributed by atoms with Crippen molar-refractivity contribution in [3.63, 3.8) is 0 Å². The first-order chi connectivity index (χ1) is 11.5. The summed E-state index contributed by atoms with van der Waals surface area (Å²) in [6, 6.07) is 3.39. The van der Waals surface area contributed by atoms with Crippen molar-refractivity contribution in [3.8, 4) is 6.07 Å². The zero-order valence-electron chi connectivity index (χ0n) is 11.6. The molecular formula is C15H5ClF2N4O2. The van der Waals surface area contributed by atoms with Crippen molar-refractivity contribution in [1.82, 2.24) is 9.97 Å². The molecule has 0 saturated heterocycles. The van der Waals surface area contributed by atoms with Gasteiger partial charge in [-0.1, -0.05) is 11.6 Å². The summed E-state index contributed by atoms with van der Waals surface area (Å²) in [5.74, 6) is -3.58. The van der Waals surface area contributed by atoms with Crippen LogP contribution in [-0.4, -0.2) is 15.8 Å². The SMILES string of the molecule is N#Cc1cnc2[nH]cc(C(=O)c3c(F)ccc(N=O)c3F)c2c1Cl. The van der Waals surface area contributed by atoms with E-state index < -0.39 is 28.7 Å². The van der Waals surface area contributed by atoms with Crippen LogP contribution in [-0.2, 0) is 0 Å². The average molecular weight is 347 g/mol. The molecule has 3 rings (SSSR count). The Bertz CT molecular complexity index is 1060. The molecule has 0 spiro atoms. The highest BCUT2D eigenvalue weighted by atomic mass is 35.5. The first kappa shape index (κ1) is 15.7. The second-order valence-electron chi connectivity index (χ2n) is 4.70. The lowest BCUT2D eigenvalue weighted by atomic mass is 10.0. The molecule has 0 atom stereocenters. The van der Waals surface area contributed by atoms with Gasteiger partial charge >= 0.3 is 0 Å². The van der Waals surface area contributed by atoms with Crippen LogP contribution in [0.25, 0.3) is 11.0 Å². The second kappa shape index (κ2) is 5.79. The van der Waals surface area contributed by atoms with Gasteiger partial charge in [0, 0.05) is 17.8 Å². The molecular weight excluding hydrogens is 342 g/mol. The standard InChI is InChI=1S/C15H5ClF2N4O2/c16-12-6(3-19)4-20-15-10(12)7(5-21-15)14(23)11-8(17)1-2-9(22-24)13(11)18/h1-2,4-5H,(H,20,21). The molecule has 0 aliphatic rings. The van der Waals surface area contributed by atoms with E-state index >= 15 is 0 Å². The van der Waals surface area contributed by atoms with Gasteiger partial charge in [-0.2, -0.15) is 5.26 Å². The van der Waals surface area contributed by atoms with Gasteiger partial charge in [0.2, 0.25) is 5.78 Å². The van der Waals surface area contributed by atoms with Crippen LogP contribution in [0.15, 0.2) is 29.7 Å². The van der Waals surface area contributed by atoms with Crippen LogP contribution >= 0.6 is 11.6 Å². The maximum absolute atomic E-state index is 14.2. The molecule has 0 saturated carbocycles. The largest absolute Gasteiger partial charge is 0.345 e. The number of carbonyl (C=O) groups is 1. The number of fused-ring (bicyclic) bond motifs is 1. The Labute approximate surface area is 137 Å². The van der Waals surface area contributed by atoms with Crippen molar-refractivity contribution in [2.75, 3.05) is 0 Å². The number of nitriles is 1. The maximum atomic E-state index is 14.2. The van der Waals surface area contributed by atoms with E-state index in [0.717, 1.165) is 12.1 Å². The van der Waals surface area contributed by atoms with Crippen LogP contribution in [0.1, 0.15) is 21.5 Å². The lowest BCUT2D eigenvalue weighted by molar-refractivity contribution is 0.103. The van der Waals surface area contributed by atoms with Crippen LogP contribution in [0.4, 0.5) is 14.5 Å². The fourth-order valence-electron chi connectivity index (χ4n) is 2.27. The molecule has 0 fully saturated rings. The molecule has 0 unspecified atom stereocenters. The molecule has 0 radical (unpaired) electrons. The summed E-state index contributed by atoms with van der Waals surface area (Å²) in [6.45, 7) is 0. The number of nitrogens with zero attached hydrogens (tertiary/aromatic N) is 3. The topological polar surface area (TPSA) is 99.0 Å². The van der Waals surface area contributed by atoms with Crippen molar-refractivity contribution < 1.29 is 13.6 Å². The summed E-state index contributed by atoms with van der Waals surface area (Å²) in [7, 11) is 0. The van der Waals surface area contributed by atoms with Crippen LogP contribution in [0, 0.1) is 27.9 Å². The van der Waals surface area contributed by atoms with Gasteiger partial charge in [-0.05, 0) is 17.3 Å². The second-order valence-corrected chi connectivity index (χ2v) is 5.08. The van der Waals surface area contributed by atoms with Gasteiger partial charge in [-0.25, -0.2) is 13.8 Å². The summed E-state index contributed by atoms with van der Waals surface area (Å²) in [4.78, 5) is 29.7. The van der Waals surface area contributed by atoms with Crippen LogP contribution in [0.2, 0.25) is 5.02 Å². The number of carbonyl (C=O) groups excluding carboxylic acids is 1. The van der Waals surface area contributed by atoms with E-state index in [4.69, 9.17) is 16.9 Å². The molecule has 3 aromatic rings. The van der Waals surface area contributed by atoms with Crippen molar-refractivity contribution in [2.45, 2.75) is 0 Å². The monoisotopic (exact) mass is 346 g/mol. The van der Waals surface area contributed by atoms with Gasteiger partial charge in [-0.3, -0.25) is 4.79 Å². The van der Waals surface area contributed by atoms with E-state index in [1.807, 2.05) is 0 Å². The Hall–Kier alpha value is -3.18. The summed E-state index contributed by atoms with van der Waals surface area (Å²) < 4.78 is 28.1. The highest BCUT2D eigenvalue weighted by Crippen LogP contribution is 2.32. The fraction of sp³-hybridized carbons (Fsp3) is 0. The number of benzene rings is 1. The Kier molecular flexibility index (Phi) is 3.79. The predicted molar refractivity (Wildman–Crippen MR) is 81.1 cm³/mol. The normalized spacial score (nSPS) is 10.6. The maximum Gasteiger partial charge on any atom is 0.201 e. The molecule has 2 aromatic heterocycles. The highest BCUT2D eigenvalue weighted by molar-refractivity contribution is 6.38. The lowest BCUT2D eigenvalue weighted by Crippen LogP contribution is -2.07. The number of ketones is 1. The van der Waals surface area contributed by atoms with Crippen molar-refractivity contribution >= 4 is 34.1 Å². The smallest absolute Gasteiger partial charge is 0.201 e. The van der Waals surface area contributed by atoms with Crippen LogP contribution < -0.4 is 0 Å². The Morgan fingerprint density at radius 2 is 2.12 bits per heavy atom. The minimum atomic E-state index is -1.37. The Balaban J connectivity index is 2.28. The van der Waals surface area contributed by atoms with E-state index in [1.54, 1.807) is 6.07 Å². The van der Waals surface area contributed by atoms with Gasteiger partial charge in [0.1, 0.15) is 23.2 Å². The van der Waals surface area contributed by atoms with Gasteiger partial charge in [0.15, 0.2) is 5.82 Å². The molecule has 0 aliphatic heterocycles. The zero-order chi connectivity index (χ0) is 17.4. The quantitative estimate of drug-likeness (QED) is 0.572. The molecule has 24 heavy (non-hydrogen) atoms. The van der Waals surface area contributed by atoms with E-state index in [9.17, 15) is 18.5 Å². The number of rotatable bonds is 3. The first-order valence-corrected chi connectivity index (χ1v) is 6.79. The Morgan fingerprint density at radius 1 is 1.38 bits per heavy atom. The molecule has 9 heteroatoms. The van der Waals surface area contributed by atoms with Gasteiger partial charge in [0.25, 0.3) is 0 Å². The number of halogens is 3. The first-order valence-electron chi connectivity index (χ1n) is 6.41. The predicted octanol–water partition coefficient (Wildman–Crippen LogP) is 4.00. The summed E-state index contributed by atoms with van der Waals surface area (Å²) >= 11 is 6.07. The molecule has 6 nitrogen and oxygen atoms in total. The molecule has 1 aromatic carbocycles. The third-order valence-electron chi connectivity index (χ3n) is 3.40. The van der Waals surface area contributed by atoms with Crippen molar-refractivity contribution in [1.29, 1.82) is 5.26 Å². The average Bonchev–Trinajstić information content (AvgIpc) is 3.00. The number of aromatic nitrogens is 2. The molecule has 0 aliphatic carbocycles. The van der Waals surface area contributed by atoms with E-state index in [2.05, 4.69) is 15.1 Å². The molecule has 118 valence electrons. The molecule has 1 N–H and O–H groups in total.